The van der Waals surface area contributed by atoms with Crippen molar-refractivity contribution in [2.45, 2.75) is 18.9 Å². The van der Waals surface area contributed by atoms with Gasteiger partial charge in [0.15, 0.2) is 5.96 Å². The van der Waals surface area contributed by atoms with Crippen molar-refractivity contribution in [2.75, 3.05) is 6.54 Å². The number of hydrogen-bond acceptors (Lipinski definition) is 3. The van der Waals surface area contributed by atoms with E-state index in [0.29, 0.717) is 19.4 Å². The summed E-state index contributed by atoms with van der Waals surface area (Å²) in [6.07, 6.45) is 0.926. The topological polar surface area (TPSA) is 102 Å². The lowest BCUT2D eigenvalue weighted by Gasteiger charge is -2.14. The average molecular weight is 288 g/mol. The molecule has 0 bridgehead atoms. The van der Waals surface area contributed by atoms with Crippen molar-refractivity contribution >= 4 is 39.9 Å². The summed E-state index contributed by atoms with van der Waals surface area (Å²) in [6.45, 7) is 0.455. The third-order valence-electron chi connectivity index (χ3n) is 1.49. The van der Waals surface area contributed by atoms with E-state index in [1.165, 1.54) is 0 Å². The molecule has 0 aromatic carbocycles. The van der Waals surface area contributed by atoms with E-state index in [1.807, 2.05) is 0 Å². The summed E-state index contributed by atoms with van der Waals surface area (Å²) in [5.74, 6) is -1.13. The van der Waals surface area contributed by atoms with Crippen LogP contribution in [0.25, 0.3) is 0 Å². The molecule has 0 spiro atoms. The van der Waals surface area contributed by atoms with Crippen molar-refractivity contribution in [3.8, 4) is 0 Å². The normalized spacial score (nSPS) is 12.5. The molecule has 1 atom stereocenters. The number of guanidine groups is 1. The first-order chi connectivity index (χ1) is 6.45. The smallest absolute Gasteiger partial charge is 0.323 e. The van der Waals surface area contributed by atoms with E-state index < -0.39 is 12.0 Å². The Morgan fingerprint density at radius 1 is 1.79 bits per heavy atom. The van der Waals surface area contributed by atoms with Crippen molar-refractivity contribution in [3.63, 3.8) is 0 Å². The maximum absolute atomic E-state index is 10.6. The minimum Gasteiger partial charge on any atom is -0.480 e. The first kappa shape index (κ1) is 13.5. The number of hydrogen-bond donors (Lipinski definition) is 4. The Balaban J connectivity index is 3.73. The van der Waals surface area contributed by atoms with Crippen molar-refractivity contribution in [1.29, 1.82) is 5.41 Å². The number of halogens is 2. The van der Waals surface area contributed by atoms with Crippen LogP contribution in [0.4, 0.5) is 0 Å². The van der Waals surface area contributed by atoms with E-state index in [4.69, 9.17) is 28.0 Å². The fraction of sp³-hybridized carbons (Fsp3) is 0.667. The number of nitrogens with zero attached hydrogens (tertiary/aromatic N) is 1. The molecule has 0 aliphatic carbocycles. The molecule has 5 N–H and O–H groups in total. The van der Waals surface area contributed by atoms with Crippen LogP contribution in [0, 0.1) is 5.41 Å². The van der Waals surface area contributed by atoms with Gasteiger partial charge in [0.2, 0.25) is 0 Å². The number of rotatable bonds is 6. The van der Waals surface area contributed by atoms with E-state index in [-0.39, 0.29) is 5.96 Å². The van der Waals surface area contributed by atoms with E-state index in [2.05, 4.69) is 21.5 Å². The highest BCUT2D eigenvalue weighted by atomic mass is 79.9. The summed E-state index contributed by atoms with van der Waals surface area (Å²) in [7, 11) is 0. The number of aliphatic carboxylic acids is 1. The Morgan fingerprint density at radius 2 is 2.36 bits per heavy atom. The lowest BCUT2D eigenvalue weighted by molar-refractivity contribution is -0.140. The zero-order chi connectivity index (χ0) is 11.1. The molecule has 0 fully saturated rings. The van der Waals surface area contributed by atoms with E-state index >= 15 is 0 Å². The second-order valence-electron chi connectivity index (χ2n) is 2.60. The lowest BCUT2D eigenvalue weighted by Crippen LogP contribution is -2.33. The van der Waals surface area contributed by atoms with Crippen LogP contribution in [-0.4, -0.2) is 33.1 Å². The maximum Gasteiger partial charge on any atom is 0.323 e. The number of nitrogens with one attached hydrogen (secondary N) is 2. The van der Waals surface area contributed by atoms with Crippen LogP contribution >= 0.6 is 27.9 Å². The predicted octanol–water partition coefficient (Wildman–Crippen LogP) is 0.469. The molecule has 0 amide bonds. The SMILES string of the molecule is N=C(N)NCCCC(C(=O)O)N(Cl)Br. The summed E-state index contributed by atoms with van der Waals surface area (Å²) in [4.78, 5) is 10.6. The molecule has 0 heterocycles. The molecule has 0 saturated heterocycles. The van der Waals surface area contributed by atoms with Crippen LogP contribution in [-0.2, 0) is 4.79 Å². The van der Waals surface area contributed by atoms with Gasteiger partial charge >= 0.3 is 5.97 Å². The Morgan fingerprint density at radius 3 is 2.71 bits per heavy atom. The highest BCUT2D eigenvalue weighted by Gasteiger charge is 2.21. The minimum absolute atomic E-state index is 0.126. The van der Waals surface area contributed by atoms with Gasteiger partial charge in [-0.25, -0.2) is 0 Å². The monoisotopic (exact) mass is 286 g/mol. The molecule has 82 valence electrons. The summed E-state index contributed by atoms with van der Waals surface area (Å²) >= 11 is 8.32. The Labute approximate surface area is 95.3 Å². The summed E-state index contributed by atoms with van der Waals surface area (Å²) < 4.78 is 0.948. The van der Waals surface area contributed by atoms with Gasteiger partial charge in [-0.15, -0.1) is 3.45 Å². The zero-order valence-electron chi connectivity index (χ0n) is 7.33. The first-order valence-electron chi connectivity index (χ1n) is 3.86. The molecule has 0 aliphatic rings. The molecule has 14 heavy (non-hydrogen) atoms. The van der Waals surface area contributed by atoms with Crippen LogP contribution in [0.2, 0.25) is 0 Å². The Kier molecular flexibility index (Phi) is 6.60. The summed E-state index contributed by atoms with van der Waals surface area (Å²) in [5, 5.41) is 18.1. The van der Waals surface area contributed by atoms with Crippen LogP contribution in [0.1, 0.15) is 12.8 Å². The number of nitrogens with two attached hydrogens (primary N) is 1. The van der Waals surface area contributed by atoms with E-state index in [9.17, 15) is 4.79 Å². The van der Waals surface area contributed by atoms with Gasteiger partial charge in [0.25, 0.3) is 0 Å². The van der Waals surface area contributed by atoms with E-state index in [1.54, 1.807) is 0 Å². The van der Waals surface area contributed by atoms with Gasteiger partial charge in [0.05, 0.1) is 0 Å². The summed E-state index contributed by atoms with van der Waals surface area (Å²) in [6, 6.07) is -0.787. The molecule has 1 unspecified atom stereocenters. The third kappa shape index (κ3) is 6.01. The molecule has 0 saturated carbocycles. The third-order valence-corrected chi connectivity index (χ3v) is 2.22. The predicted molar refractivity (Wildman–Crippen MR) is 57.2 cm³/mol. The molecule has 6 nitrogen and oxygen atoms in total. The fourth-order valence-electron chi connectivity index (χ4n) is 0.823. The Bertz CT molecular complexity index is 214. The average Bonchev–Trinajstić information content (AvgIpc) is 2.01. The van der Waals surface area contributed by atoms with Crippen molar-refractivity contribution < 1.29 is 9.90 Å². The molecule has 0 aliphatic heterocycles. The molecule has 0 radical (unpaired) electrons. The fourth-order valence-corrected chi connectivity index (χ4v) is 1.38. The largest absolute Gasteiger partial charge is 0.480 e. The van der Waals surface area contributed by atoms with Crippen molar-refractivity contribution in [1.82, 2.24) is 8.76 Å². The van der Waals surface area contributed by atoms with Gasteiger partial charge in [0, 0.05) is 22.7 Å². The van der Waals surface area contributed by atoms with E-state index in [0.717, 1.165) is 3.45 Å². The van der Waals surface area contributed by atoms with Crippen molar-refractivity contribution in [2.24, 2.45) is 5.73 Å². The molecular weight excluding hydrogens is 275 g/mol. The second-order valence-corrected chi connectivity index (χ2v) is 4.13. The molecule has 8 heteroatoms. The Hall–Kier alpha value is -0.530. The van der Waals surface area contributed by atoms with Gasteiger partial charge < -0.3 is 16.2 Å². The number of carboxylic acids is 1. The van der Waals surface area contributed by atoms with Gasteiger partial charge in [-0.1, -0.05) is 0 Å². The maximum atomic E-state index is 10.6. The molecular formula is C6H12BrClN4O2. The lowest BCUT2D eigenvalue weighted by atomic mass is 10.2. The quantitative estimate of drug-likeness (QED) is 0.246. The number of carboxylic acid groups (broad SMARTS) is 1. The highest BCUT2D eigenvalue weighted by Crippen LogP contribution is 2.14. The first-order valence-corrected chi connectivity index (χ1v) is 4.91. The van der Waals surface area contributed by atoms with Gasteiger partial charge in [-0.05, 0) is 24.6 Å². The zero-order valence-corrected chi connectivity index (χ0v) is 9.68. The number of carbonyl (C=O) groups is 1. The minimum atomic E-state index is -1.00. The standard InChI is InChI=1S/C6H12BrClN4O2/c7-12(8)4(5(13)14)2-1-3-11-6(9)10/h4H,1-3H2,(H,13,14)(H4,9,10,11). The van der Waals surface area contributed by atoms with Crippen LogP contribution in [0.5, 0.6) is 0 Å². The molecule has 0 rings (SSSR count). The van der Waals surface area contributed by atoms with Gasteiger partial charge in [0.1, 0.15) is 6.04 Å². The molecule has 0 aromatic heterocycles. The second kappa shape index (κ2) is 6.86. The summed E-state index contributed by atoms with van der Waals surface area (Å²) in [5.41, 5.74) is 5.04. The van der Waals surface area contributed by atoms with Crippen LogP contribution in [0.15, 0.2) is 0 Å². The van der Waals surface area contributed by atoms with Crippen LogP contribution < -0.4 is 11.1 Å². The van der Waals surface area contributed by atoms with Crippen molar-refractivity contribution in [3.05, 3.63) is 0 Å². The molecule has 0 aromatic rings. The highest BCUT2D eigenvalue weighted by molar-refractivity contribution is 9.08. The van der Waals surface area contributed by atoms with Gasteiger partial charge in [-0.3, -0.25) is 10.2 Å². The van der Waals surface area contributed by atoms with Crippen LogP contribution in [0.3, 0.4) is 0 Å². The van der Waals surface area contributed by atoms with Gasteiger partial charge in [-0.2, -0.15) is 0 Å².